The van der Waals surface area contributed by atoms with Gasteiger partial charge < -0.3 is 9.67 Å². The predicted octanol–water partition coefficient (Wildman–Crippen LogP) is 4.71. The second kappa shape index (κ2) is 7.64. The van der Waals surface area contributed by atoms with E-state index in [1.165, 1.54) is 5.69 Å². The molecule has 132 valence electrons. The highest BCUT2D eigenvalue weighted by atomic mass is 19.1. The number of alkyl halides is 1. The van der Waals surface area contributed by atoms with Gasteiger partial charge in [0.1, 0.15) is 0 Å². The molecule has 0 amide bonds. The highest BCUT2D eigenvalue weighted by Crippen LogP contribution is 2.55. The van der Waals surface area contributed by atoms with Crippen molar-refractivity contribution in [2.45, 2.75) is 69.9 Å². The maximum atomic E-state index is 12.1. The maximum Gasteiger partial charge on any atom is 0.0951 e. The highest BCUT2D eigenvalue weighted by Gasteiger charge is 2.47. The summed E-state index contributed by atoms with van der Waals surface area (Å²) in [6.07, 6.45) is 18.9. The molecule has 1 N–H and O–H groups in total. The minimum absolute atomic E-state index is 0.146. The summed E-state index contributed by atoms with van der Waals surface area (Å²) < 4.78 is 14.5. The van der Waals surface area contributed by atoms with E-state index >= 15 is 0 Å². The van der Waals surface area contributed by atoms with E-state index in [1.54, 1.807) is 0 Å². The van der Waals surface area contributed by atoms with E-state index in [0.29, 0.717) is 24.8 Å². The number of imidazole rings is 1. The Morgan fingerprint density at radius 2 is 2.08 bits per heavy atom. The number of hydrogen-bond acceptors (Lipinski definition) is 2. The fourth-order valence-electron chi connectivity index (χ4n) is 4.40. The molecule has 1 aliphatic carbocycles. The van der Waals surface area contributed by atoms with Crippen molar-refractivity contribution < 1.29 is 9.50 Å². The van der Waals surface area contributed by atoms with Gasteiger partial charge >= 0.3 is 0 Å². The molecule has 0 bridgehead atoms. The Labute approximate surface area is 144 Å². The monoisotopic (exact) mass is 332 g/mol. The summed E-state index contributed by atoms with van der Waals surface area (Å²) in [5, 5.41) is 9.79. The molecule has 3 nitrogen and oxygen atoms in total. The molecule has 1 aromatic heterocycles. The average molecular weight is 332 g/mol. The van der Waals surface area contributed by atoms with Crippen LogP contribution in [0.25, 0.3) is 0 Å². The number of unbranched alkanes of at least 4 members (excludes halogenated alkanes) is 2. The Bertz CT molecular complexity index is 594. The van der Waals surface area contributed by atoms with E-state index in [9.17, 15) is 9.50 Å². The summed E-state index contributed by atoms with van der Waals surface area (Å²) in [4.78, 5) is 4.35. The second-order valence-electron chi connectivity index (χ2n) is 7.45. The normalized spacial score (nSPS) is 28.8. The molecule has 0 fully saturated rings. The standard InChI is InChI=1S/C20H29FN2O/c1-20-12-6-5-10-17(20)18-14-22-15-23(18)19(20)11-4-2-3-8-16(24)9-7-13-21/h5-6,10,12,14-17,19,24H,2-4,7-9,11,13H2,1H3. The van der Waals surface area contributed by atoms with Crippen molar-refractivity contribution in [1.29, 1.82) is 0 Å². The third kappa shape index (κ3) is 3.34. The molecule has 4 unspecified atom stereocenters. The lowest BCUT2D eigenvalue weighted by Crippen LogP contribution is -2.26. The average Bonchev–Trinajstić information content (AvgIpc) is 3.12. The smallest absolute Gasteiger partial charge is 0.0951 e. The van der Waals surface area contributed by atoms with Gasteiger partial charge in [0.2, 0.25) is 0 Å². The Morgan fingerprint density at radius 1 is 1.25 bits per heavy atom. The molecule has 0 radical (unpaired) electrons. The molecular weight excluding hydrogens is 303 g/mol. The van der Waals surface area contributed by atoms with Crippen molar-refractivity contribution in [3.8, 4) is 0 Å². The summed E-state index contributed by atoms with van der Waals surface area (Å²) >= 11 is 0. The van der Waals surface area contributed by atoms with Crippen LogP contribution in [0.5, 0.6) is 0 Å². The molecule has 0 saturated heterocycles. The van der Waals surface area contributed by atoms with Gasteiger partial charge in [0.05, 0.1) is 19.1 Å². The zero-order valence-corrected chi connectivity index (χ0v) is 14.6. The van der Waals surface area contributed by atoms with Crippen LogP contribution >= 0.6 is 0 Å². The zero-order chi connectivity index (χ0) is 17.0. The number of halogens is 1. The predicted molar refractivity (Wildman–Crippen MR) is 94.7 cm³/mol. The fraction of sp³-hybridized carbons (Fsp3) is 0.650. The summed E-state index contributed by atoms with van der Waals surface area (Å²) in [6, 6.07) is 0.456. The molecule has 4 heteroatoms. The number of hydrogen-bond donors (Lipinski definition) is 1. The van der Waals surface area contributed by atoms with Crippen LogP contribution in [-0.2, 0) is 0 Å². The fourth-order valence-corrected chi connectivity index (χ4v) is 4.40. The van der Waals surface area contributed by atoms with Crippen molar-refractivity contribution in [2.24, 2.45) is 5.41 Å². The van der Waals surface area contributed by atoms with Crippen LogP contribution in [0.3, 0.4) is 0 Å². The van der Waals surface area contributed by atoms with Crippen molar-refractivity contribution in [3.05, 3.63) is 42.5 Å². The second-order valence-corrected chi connectivity index (χ2v) is 7.45. The number of rotatable bonds is 9. The van der Waals surface area contributed by atoms with E-state index in [-0.39, 0.29) is 18.2 Å². The lowest BCUT2D eigenvalue weighted by atomic mass is 9.70. The molecule has 2 heterocycles. The van der Waals surface area contributed by atoms with Gasteiger partial charge in [-0.05, 0) is 25.7 Å². The number of aromatic nitrogens is 2. The van der Waals surface area contributed by atoms with Gasteiger partial charge in [-0.15, -0.1) is 0 Å². The molecule has 2 aliphatic rings. The first-order chi connectivity index (χ1) is 11.7. The first-order valence-electron chi connectivity index (χ1n) is 9.28. The van der Waals surface area contributed by atoms with E-state index in [4.69, 9.17) is 0 Å². The number of allylic oxidation sites excluding steroid dienone is 4. The van der Waals surface area contributed by atoms with Gasteiger partial charge in [-0.1, -0.05) is 50.5 Å². The number of aliphatic hydroxyl groups is 1. The third-order valence-electron chi connectivity index (χ3n) is 5.79. The van der Waals surface area contributed by atoms with Crippen LogP contribution < -0.4 is 0 Å². The third-order valence-corrected chi connectivity index (χ3v) is 5.79. The van der Waals surface area contributed by atoms with Crippen molar-refractivity contribution in [2.75, 3.05) is 6.67 Å². The SMILES string of the molecule is CC12C=CC=CC1c1cncn1C2CCCCCC(O)CCCF. The molecular formula is C20H29FN2O. The van der Waals surface area contributed by atoms with Crippen LogP contribution in [0.15, 0.2) is 36.8 Å². The van der Waals surface area contributed by atoms with Crippen molar-refractivity contribution in [3.63, 3.8) is 0 Å². The minimum atomic E-state index is -0.333. The molecule has 0 saturated carbocycles. The summed E-state index contributed by atoms with van der Waals surface area (Å²) in [5.74, 6) is 0.428. The van der Waals surface area contributed by atoms with Crippen LogP contribution in [0.4, 0.5) is 4.39 Å². The molecule has 0 aromatic carbocycles. The quantitative estimate of drug-likeness (QED) is 0.665. The summed E-state index contributed by atoms with van der Waals surface area (Å²) in [5.41, 5.74) is 1.47. The van der Waals surface area contributed by atoms with Crippen molar-refractivity contribution >= 4 is 0 Å². The van der Waals surface area contributed by atoms with Crippen LogP contribution in [0.1, 0.15) is 69.5 Å². The van der Waals surface area contributed by atoms with Gasteiger partial charge in [-0.25, -0.2) is 4.98 Å². The molecule has 3 rings (SSSR count). The Hall–Kier alpha value is -1.42. The van der Waals surface area contributed by atoms with E-state index in [2.05, 4.69) is 40.8 Å². The molecule has 24 heavy (non-hydrogen) atoms. The number of fused-ring (bicyclic) bond motifs is 3. The molecule has 4 atom stereocenters. The largest absolute Gasteiger partial charge is 0.393 e. The van der Waals surface area contributed by atoms with Gasteiger partial charge in [-0.3, -0.25) is 4.39 Å². The Morgan fingerprint density at radius 3 is 2.92 bits per heavy atom. The molecule has 1 aliphatic heterocycles. The lowest BCUT2D eigenvalue weighted by molar-refractivity contribution is 0.144. The summed E-state index contributed by atoms with van der Waals surface area (Å²) in [7, 11) is 0. The molecule has 0 spiro atoms. The van der Waals surface area contributed by atoms with Crippen LogP contribution in [0, 0.1) is 5.41 Å². The zero-order valence-electron chi connectivity index (χ0n) is 14.6. The number of nitrogens with zero attached hydrogens (tertiary/aromatic N) is 2. The van der Waals surface area contributed by atoms with E-state index in [0.717, 1.165) is 32.1 Å². The van der Waals surface area contributed by atoms with Crippen LogP contribution in [0.2, 0.25) is 0 Å². The molecule has 1 aromatic rings. The first kappa shape index (κ1) is 17.4. The van der Waals surface area contributed by atoms with Gasteiger partial charge in [-0.2, -0.15) is 0 Å². The Kier molecular flexibility index (Phi) is 5.54. The van der Waals surface area contributed by atoms with Crippen LogP contribution in [-0.4, -0.2) is 27.4 Å². The van der Waals surface area contributed by atoms with Gasteiger partial charge in [0, 0.05) is 29.3 Å². The summed E-state index contributed by atoms with van der Waals surface area (Å²) in [6.45, 7) is 2.03. The Balaban J connectivity index is 1.50. The lowest BCUT2D eigenvalue weighted by Gasteiger charge is -2.34. The van der Waals surface area contributed by atoms with Gasteiger partial charge in [0.15, 0.2) is 0 Å². The topological polar surface area (TPSA) is 38.0 Å². The van der Waals surface area contributed by atoms with Gasteiger partial charge in [0.25, 0.3) is 0 Å². The van der Waals surface area contributed by atoms with E-state index < -0.39 is 0 Å². The maximum absolute atomic E-state index is 12.1. The highest BCUT2D eigenvalue weighted by molar-refractivity contribution is 5.35. The minimum Gasteiger partial charge on any atom is -0.393 e. The first-order valence-corrected chi connectivity index (χ1v) is 9.28. The van der Waals surface area contributed by atoms with E-state index in [1.807, 2.05) is 12.5 Å². The van der Waals surface area contributed by atoms with Crippen molar-refractivity contribution in [1.82, 2.24) is 9.55 Å². The number of aliphatic hydroxyl groups excluding tert-OH is 1.